The Labute approximate surface area is 179 Å². The van der Waals surface area contributed by atoms with E-state index in [1.54, 1.807) is 6.07 Å². The number of hydrogen-bond donors (Lipinski definition) is 2. The lowest BCUT2D eigenvalue weighted by atomic mass is 10.0. The molecule has 3 aromatic rings. The van der Waals surface area contributed by atoms with Gasteiger partial charge in [-0.25, -0.2) is 12.8 Å². The molecule has 0 saturated carbocycles. The number of benzene rings is 3. The van der Waals surface area contributed by atoms with Gasteiger partial charge in [-0.05, 0) is 60.0 Å². The van der Waals surface area contributed by atoms with Crippen LogP contribution in [0.4, 0.5) is 15.8 Å². The van der Waals surface area contributed by atoms with Gasteiger partial charge < -0.3 is 5.32 Å². The molecule has 3 aromatic carbocycles. The molecule has 0 atom stereocenters. The molecule has 0 aliphatic heterocycles. The van der Waals surface area contributed by atoms with Gasteiger partial charge in [0.25, 0.3) is 15.9 Å². The first-order valence-corrected chi connectivity index (χ1v) is 11.0. The van der Waals surface area contributed by atoms with E-state index in [0.717, 1.165) is 29.8 Å². The molecule has 5 nitrogen and oxygen atoms in total. The molecule has 0 heterocycles. The summed E-state index contributed by atoms with van der Waals surface area (Å²) >= 11 is 6.13. The molecule has 0 spiro atoms. The van der Waals surface area contributed by atoms with Crippen LogP contribution in [0.2, 0.25) is 5.02 Å². The number of carbonyl (C=O) groups is 1. The summed E-state index contributed by atoms with van der Waals surface area (Å²) in [6, 6.07) is 16.1. The third-order valence-electron chi connectivity index (χ3n) is 4.43. The van der Waals surface area contributed by atoms with Crippen molar-refractivity contribution in [1.29, 1.82) is 0 Å². The van der Waals surface area contributed by atoms with Crippen LogP contribution in [-0.4, -0.2) is 14.3 Å². The van der Waals surface area contributed by atoms with Crippen molar-refractivity contribution in [1.82, 2.24) is 0 Å². The fraction of sp³-hybridized carbons (Fsp3) is 0.136. The third-order valence-corrected chi connectivity index (χ3v) is 6.14. The molecule has 0 radical (unpaired) electrons. The molecule has 0 fully saturated rings. The maximum Gasteiger partial charge on any atom is 0.261 e. The van der Waals surface area contributed by atoms with Crippen LogP contribution in [0.3, 0.4) is 0 Å². The van der Waals surface area contributed by atoms with E-state index < -0.39 is 21.7 Å². The van der Waals surface area contributed by atoms with E-state index >= 15 is 0 Å². The summed E-state index contributed by atoms with van der Waals surface area (Å²) in [6.07, 6.45) is 0. The van der Waals surface area contributed by atoms with Crippen LogP contribution in [0.1, 0.15) is 35.7 Å². The zero-order valence-electron chi connectivity index (χ0n) is 16.3. The Morgan fingerprint density at radius 3 is 2.30 bits per heavy atom. The number of halogens is 2. The molecule has 0 aromatic heterocycles. The molecule has 0 saturated heterocycles. The normalized spacial score (nSPS) is 11.4. The van der Waals surface area contributed by atoms with Crippen molar-refractivity contribution in [3.63, 3.8) is 0 Å². The average molecular weight is 447 g/mol. The summed E-state index contributed by atoms with van der Waals surface area (Å²) in [5.74, 6) is -0.737. The Balaban J connectivity index is 1.86. The summed E-state index contributed by atoms with van der Waals surface area (Å²) in [5, 5.41) is 2.98. The van der Waals surface area contributed by atoms with E-state index in [9.17, 15) is 17.6 Å². The Bertz CT molecular complexity index is 1180. The molecule has 1 amide bonds. The van der Waals surface area contributed by atoms with E-state index in [4.69, 9.17) is 11.6 Å². The van der Waals surface area contributed by atoms with Gasteiger partial charge in [0, 0.05) is 11.3 Å². The maximum atomic E-state index is 13.1. The highest BCUT2D eigenvalue weighted by Gasteiger charge is 2.18. The lowest BCUT2D eigenvalue weighted by Crippen LogP contribution is -2.16. The fourth-order valence-corrected chi connectivity index (χ4v) is 4.16. The Morgan fingerprint density at radius 2 is 1.63 bits per heavy atom. The highest BCUT2D eigenvalue weighted by molar-refractivity contribution is 7.92. The molecule has 30 heavy (non-hydrogen) atoms. The smallest absolute Gasteiger partial charge is 0.261 e. The minimum Gasteiger partial charge on any atom is -0.322 e. The second-order valence-corrected chi connectivity index (χ2v) is 9.04. The number of hydrogen-bond acceptors (Lipinski definition) is 3. The van der Waals surface area contributed by atoms with Crippen molar-refractivity contribution in [3.8, 4) is 0 Å². The van der Waals surface area contributed by atoms with Crippen LogP contribution >= 0.6 is 11.6 Å². The molecule has 156 valence electrons. The summed E-state index contributed by atoms with van der Waals surface area (Å²) in [4.78, 5) is 12.6. The summed E-state index contributed by atoms with van der Waals surface area (Å²) in [5.41, 5.74) is 1.94. The van der Waals surface area contributed by atoms with E-state index in [1.165, 1.54) is 18.2 Å². The second kappa shape index (κ2) is 8.85. The Hall–Kier alpha value is -2.90. The molecular formula is C22H20ClFN2O3S. The Morgan fingerprint density at radius 1 is 0.967 bits per heavy atom. The van der Waals surface area contributed by atoms with Crippen molar-refractivity contribution in [2.75, 3.05) is 10.0 Å². The molecule has 0 aliphatic rings. The summed E-state index contributed by atoms with van der Waals surface area (Å²) < 4.78 is 40.6. The van der Waals surface area contributed by atoms with Crippen LogP contribution in [0, 0.1) is 5.82 Å². The summed E-state index contributed by atoms with van der Waals surface area (Å²) in [7, 11) is -4.00. The van der Waals surface area contributed by atoms with E-state index in [2.05, 4.69) is 10.0 Å². The van der Waals surface area contributed by atoms with Crippen molar-refractivity contribution in [2.45, 2.75) is 24.7 Å². The number of anilines is 2. The number of nitrogens with one attached hydrogen (secondary N) is 2. The molecule has 3 rings (SSSR count). The third kappa shape index (κ3) is 4.98. The second-order valence-electron chi connectivity index (χ2n) is 6.95. The van der Waals surface area contributed by atoms with Crippen molar-refractivity contribution in [3.05, 3.63) is 88.7 Å². The van der Waals surface area contributed by atoms with Gasteiger partial charge in [-0.15, -0.1) is 0 Å². The first-order chi connectivity index (χ1) is 14.2. The first kappa shape index (κ1) is 21.8. The largest absolute Gasteiger partial charge is 0.322 e. The maximum absolute atomic E-state index is 13.1. The van der Waals surface area contributed by atoms with Crippen molar-refractivity contribution >= 4 is 38.9 Å². The van der Waals surface area contributed by atoms with Gasteiger partial charge >= 0.3 is 0 Å². The van der Waals surface area contributed by atoms with Gasteiger partial charge in [0.1, 0.15) is 5.82 Å². The lowest BCUT2D eigenvalue weighted by Gasteiger charge is -2.15. The van der Waals surface area contributed by atoms with Crippen LogP contribution in [0.15, 0.2) is 71.6 Å². The molecule has 0 unspecified atom stereocenters. The first-order valence-electron chi connectivity index (χ1n) is 9.15. The number of carbonyl (C=O) groups excluding carboxylic acids is 1. The highest BCUT2D eigenvalue weighted by atomic mass is 35.5. The van der Waals surface area contributed by atoms with E-state index in [1.807, 2.05) is 32.0 Å². The van der Waals surface area contributed by atoms with Gasteiger partial charge in [-0.1, -0.05) is 43.6 Å². The monoisotopic (exact) mass is 446 g/mol. The molecular weight excluding hydrogens is 427 g/mol. The number of amides is 1. The van der Waals surface area contributed by atoms with Crippen molar-refractivity contribution < 1.29 is 17.6 Å². The Kier molecular flexibility index (Phi) is 6.43. The van der Waals surface area contributed by atoms with Crippen LogP contribution in [0.25, 0.3) is 0 Å². The summed E-state index contributed by atoms with van der Waals surface area (Å²) in [6.45, 7) is 4.05. The van der Waals surface area contributed by atoms with Crippen molar-refractivity contribution in [2.24, 2.45) is 0 Å². The predicted octanol–water partition coefficient (Wildman–Crippen LogP) is 5.66. The standard InChI is InChI=1S/C22H20ClFN2O3S/c1-14(2)18-5-3-4-6-20(18)25-22(27)15-7-12-19(23)21(13-15)26-30(28,29)17-10-8-16(24)9-11-17/h3-14,26H,1-2H3,(H,25,27). The van der Waals surface area contributed by atoms with Gasteiger partial charge in [-0.2, -0.15) is 0 Å². The van der Waals surface area contributed by atoms with Crippen LogP contribution in [-0.2, 0) is 10.0 Å². The quantitative estimate of drug-likeness (QED) is 0.513. The van der Waals surface area contributed by atoms with E-state index in [0.29, 0.717) is 5.69 Å². The van der Waals surface area contributed by atoms with Gasteiger partial charge in [0.05, 0.1) is 15.6 Å². The van der Waals surface area contributed by atoms with Gasteiger partial charge in [0.2, 0.25) is 0 Å². The fourth-order valence-electron chi connectivity index (χ4n) is 2.87. The zero-order valence-corrected chi connectivity index (χ0v) is 17.9. The number of para-hydroxylation sites is 1. The minimum absolute atomic E-state index is 0.0470. The minimum atomic E-state index is -4.00. The number of rotatable bonds is 6. The predicted molar refractivity (Wildman–Crippen MR) is 117 cm³/mol. The van der Waals surface area contributed by atoms with Gasteiger partial charge in [0.15, 0.2) is 0 Å². The molecule has 0 aliphatic carbocycles. The topological polar surface area (TPSA) is 75.3 Å². The van der Waals surface area contributed by atoms with Gasteiger partial charge in [-0.3, -0.25) is 9.52 Å². The molecule has 2 N–H and O–H groups in total. The lowest BCUT2D eigenvalue weighted by molar-refractivity contribution is 0.102. The zero-order chi connectivity index (χ0) is 21.9. The van der Waals surface area contributed by atoms with E-state index in [-0.39, 0.29) is 27.1 Å². The molecule has 8 heteroatoms. The van der Waals surface area contributed by atoms with Crippen LogP contribution < -0.4 is 10.0 Å². The highest BCUT2D eigenvalue weighted by Crippen LogP contribution is 2.28. The number of sulfonamides is 1. The SMILES string of the molecule is CC(C)c1ccccc1NC(=O)c1ccc(Cl)c(NS(=O)(=O)c2ccc(F)cc2)c1. The van der Waals surface area contributed by atoms with Crippen LogP contribution in [0.5, 0.6) is 0 Å². The molecule has 0 bridgehead atoms. The average Bonchev–Trinajstić information content (AvgIpc) is 2.70.